The molecule has 3 heteroatoms. The lowest BCUT2D eigenvalue weighted by Crippen LogP contribution is -2.06. The quantitative estimate of drug-likeness (QED) is 0.629. The summed E-state index contributed by atoms with van der Waals surface area (Å²) in [5.74, 6) is 1.74. The van der Waals surface area contributed by atoms with Gasteiger partial charge in [-0.1, -0.05) is 41.9 Å². The van der Waals surface area contributed by atoms with Crippen LogP contribution in [-0.2, 0) is 0 Å². The second-order valence-corrected chi connectivity index (χ2v) is 5.34. The maximum atomic E-state index is 5.99. The van der Waals surface area contributed by atoms with Crippen LogP contribution >= 0.6 is 15.9 Å². The number of ether oxygens (including phenoxy) is 1. The summed E-state index contributed by atoms with van der Waals surface area (Å²) in [5.41, 5.74) is 7.87. The molecule has 0 fully saturated rings. The molecule has 1 aliphatic heterocycles. The Balaban J connectivity index is 2.56. The number of anilines is 1. The van der Waals surface area contributed by atoms with Gasteiger partial charge >= 0.3 is 0 Å². The zero-order valence-electron chi connectivity index (χ0n) is 9.53. The van der Waals surface area contributed by atoms with Crippen LogP contribution in [0.1, 0.15) is 25.3 Å². The van der Waals surface area contributed by atoms with Gasteiger partial charge in [0, 0.05) is 16.0 Å². The van der Waals surface area contributed by atoms with E-state index in [4.69, 9.17) is 10.5 Å². The van der Waals surface area contributed by atoms with Gasteiger partial charge in [0.25, 0.3) is 0 Å². The molecule has 16 heavy (non-hydrogen) atoms. The van der Waals surface area contributed by atoms with E-state index >= 15 is 0 Å². The number of benzene rings is 1. The zero-order chi connectivity index (χ0) is 11.7. The molecule has 0 bridgehead atoms. The number of halogens is 1. The molecule has 0 radical (unpaired) electrons. The third kappa shape index (κ3) is 2.09. The zero-order valence-corrected chi connectivity index (χ0v) is 11.1. The monoisotopic (exact) mass is 281 g/mol. The molecule has 2 nitrogen and oxygen atoms in total. The lowest BCUT2D eigenvalue weighted by atomic mass is 9.87. The van der Waals surface area contributed by atoms with Gasteiger partial charge in [-0.3, -0.25) is 0 Å². The third-order valence-corrected chi connectivity index (χ3v) is 3.31. The second-order valence-electron chi connectivity index (χ2n) is 4.42. The maximum absolute atomic E-state index is 5.99. The van der Waals surface area contributed by atoms with Gasteiger partial charge in [0.15, 0.2) is 0 Å². The van der Waals surface area contributed by atoms with Gasteiger partial charge in [-0.05, 0) is 18.1 Å². The van der Waals surface area contributed by atoms with E-state index in [0.29, 0.717) is 24.1 Å². The molecule has 0 amide bonds. The summed E-state index contributed by atoms with van der Waals surface area (Å²) in [6.07, 6.45) is 4.28. The molecule has 0 saturated heterocycles. The summed E-state index contributed by atoms with van der Waals surface area (Å²) < 4.78 is 6.69. The van der Waals surface area contributed by atoms with Crippen molar-refractivity contribution in [1.82, 2.24) is 0 Å². The first kappa shape index (κ1) is 11.5. The molecule has 1 aromatic carbocycles. The van der Waals surface area contributed by atoms with Gasteiger partial charge in [0.05, 0.1) is 5.69 Å². The molecule has 1 atom stereocenters. The van der Waals surface area contributed by atoms with E-state index in [1.807, 2.05) is 6.07 Å². The van der Waals surface area contributed by atoms with Crippen LogP contribution in [0.5, 0.6) is 5.75 Å². The van der Waals surface area contributed by atoms with Crippen molar-refractivity contribution in [1.29, 1.82) is 0 Å². The number of rotatable bonds is 1. The molecule has 0 aromatic heterocycles. The summed E-state index contributed by atoms with van der Waals surface area (Å²) in [7, 11) is 0. The second kappa shape index (κ2) is 4.50. The minimum Gasteiger partial charge on any atom is -0.487 e. The molecule has 1 unspecified atom stereocenters. The molecular weight excluding hydrogens is 266 g/mol. The predicted octanol–water partition coefficient (Wildman–Crippen LogP) is 3.72. The van der Waals surface area contributed by atoms with Crippen molar-refractivity contribution in [3.63, 3.8) is 0 Å². The predicted molar refractivity (Wildman–Crippen MR) is 70.8 cm³/mol. The van der Waals surface area contributed by atoms with Crippen LogP contribution in [0.25, 0.3) is 0 Å². The molecule has 0 spiro atoms. The Labute approximate surface area is 105 Å². The first-order valence-electron chi connectivity index (χ1n) is 5.48. The van der Waals surface area contributed by atoms with E-state index in [1.165, 1.54) is 5.56 Å². The minimum absolute atomic E-state index is 0.372. The highest BCUT2D eigenvalue weighted by molar-refractivity contribution is 9.10. The van der Waals surface area contributed by atoms with E-state index in [0.717, 1.165) is 10.2 Å². The number of fused-ring (bicyclic) bond motifs is 1. The van der Waals surface area contributed by atoms with Crippen molar-refractivity contribution < 1.29 is 4.74 Å². The summed E-state index contributed by atoms with van der Waals surface area (Å²) in [6, 6.07) is 3.99. The van der Waals surface area contributed by atoms with Crippen molar-refractivity contribution in [2.75, 3.05) is 12.3 Å². The van der Waals surface area contributed by atoms with Crippen LogP contribution < -0.4 is 10.5 Å². The molecule has 1 aliphatic rings. The highest BCUT2D eigenvalue weighted by atomic mass is 79.9. The fraction of sp³-hybridized carbons (Fsp3) is 0.385. The standard InChI is InChI=1S/C13H16BrNO/c1-8(2)10-4-3-5-16-13-11(10)6-9(14)7-12(13)15/h3-4,6-8,10H,5,15H2,1-2H3. The van der Waals surface area contributed by atoms with Gasteiger partial charge in [0.1, 0.15) is 12.4 Å². The smallest absolute Gasteiger partial charge is 0.146 e. The van der Waals surface area contributed by atoms with E-state index in [1.54, 1.807) is 0 Å². The molecule has 1 aromatic rings. The summed E-state index contributed by atoms with van der Waals surface area (Å²) in [5, 5.41) is 0. The Morgan fingerprint density at radius 2 is 2.19 bits per heavy atom. The fourth-order valence-corrected chi connectivity index (χ4v) is 2.56. The molecule has 1 heterocycles. The highest BCUT2D eigenvalue weighted by Gasteiger charge is 2.21. The van der Waals surface area contributed by atoms with Gasteiger partial charge in [-0.15, -0.1) is 0 Å². The fourth-order valence-electron chi connectivity index (χ4n) is 2.07. The van der Waals surface area contributed by atoms with Crippen molar-refractivity contribution in [3.8, 4) is 5.75 Å². The van der Waals surface area contributed by atoms with E-state index in [9.17, 15) is 0 Å². The highest BCUT2D eigenvalue weighted by Crippen LogP contribution is 2.40. The van der Waals surface area contributed by atoms with Crippen LogP contribution in [-0.4, -0.2) is 6.61 Å². The van der Waals surface area contributed by atoms with Gasteiger partial charge in [0.2, 0.25) is 0 Å². The first-order valence-corrected chi connectivity index (χ1v) is 6.27. The van der Waals surface area contributed by atoms with Crippen molar-refractivity contribution in [2.24, 2.45) is 5.92 Å². The molecular formula is C13H16BrNO. The number of nitrogen functional groups attached to an aromatic ring is 1. The average molecular weight is 282 g/mol. The normalized spacial score (nSPS) is 19.1. The van der Waals surface area contributed by atoms with Crippen molar-refractivity contribution in [2.45, 2.75) is 19.8 Å². The average Bonchev–Trinajstić information content (AvgIpc) is 2.39. The largest absolute Gasteiger partial charge is 0.487 e. The molecule has 2 N–H and O–H groups in total. The molecule has 86 valence electrons. The Kier molecular flexibility index (Phi) is 3.24. The first-order chi connectivity index (χ1) is 7.59. The Morgan fingerprint density at radius 3 is 2.88 bits per heavy atom. The Hall–Kier alpha value is -0.960. The van der Waals surface area contributed by atoms with Gasteiger partial charge in [-0.25, -0.2) is 0 Å². The Bertz CT molecular complexity index is 426. The van der Waals surface area contributed by atoms with E-state index in [2.05, 4.69) is 48.0 Å². The Morgan fingerprint density at radius 1 is 1.44 bits per heavy atom. The lowest BCUT2D eigenvalue weighted by Gasteiger charge is -2.20. The van der Waals surface area contributed by atoms with E-state index < -0.39 is 0 Å². The topological polar surface area (TPSA) is 35.2 Å². The molecule has 0 saturated carbocycles. The number of hydrogen-bond acceptors (Lipinski definition) is 2. The summed E-state index contributed by atoms with van der Waals surface area (Å²) >= 11 is 3.48. The van der Waals surface area contributed by atoms with Crippen LogP contribution in [0.4, 0.5) is 5.69 Å². The van der Waals surface area contributed by atoms with Crippen LogP contribution in [0, 0.1) is 5.92 Å². The maximum Gasteiger partial charge on any atom is 0.146 e. The van der Waals surface area contributed by atoms with Crippen LogP contribution in [0.2, 0.25) is 0 Å². The summed E-state index contributed by atoms with van der Waals surface area (Å²) in [6.45, 7) is 5.02. The van der Waals surface area contributed by atoms with Gasteiger partial charge in [-0.2, -0.15) is 0 Å². The SMILES string of the molecule is CC(C)C1C=CCOc2c(N)cc(Br)cc21. The summed E-state index contributed by atoms with van der Waals surface area (Å²) in [4.78, 5) is 0. The number of hydrogen-bond donors (Lipinski definition) is 1. The third-order valence-electron chi connectivity index (χ3n) is 2.86. The van der Waals surface area contributed by atoms with Crippen LogP contribution in [0.15, 0.2) is 28.8 Å². The van der Waals surface area contributed by atoms with Crippen molar-refractivity contribution >= 4 is 21.6 Å². The minimum atomic E-state index is 0.372. The van der Waals surface area contributed by atoms with Crippen LogP contribution in [0.3, 0.4) is 0 Å². The van der Waals surface area contributed by atoms with Gasteiger partial charge < -0.3 is 10.5 Å². The van der Waals surface area contributed by atoms with E-state index in [-0.39, 0.29) is 0 Å². The lowest BCUT2D eigenvalue weighted by molar-refractivity contribution is 0.362. The number of allylic oxidation sites excluding steroid dienone is 1. The number of nitrogens with two attached hydrogens (primary N) is 1. The molecule has 0 aliphatic carbocycles. The van der Waals surface area contributed by atoms with Crippen molar-refractivity contribution in [3.05, 3.63) is 34.3 Å². The molecule has 2 rings (SSSR count).